The Morgan fingerprint density at radius 3 is 2.72 bits per heavy atom. The largest absolute Gasteiger partial charge is 0.337 e. The van der Waals surface area contributed by atoms with Crippen LogP contribution in [0.5, 0.6) is 0 Å². The number of aromatic nitrogens is 2. The zero-order valence-corrected chi connectivity index (χ0v) is 14.3. The van der Waals surface area contributed by atoms with E-state index in [9.17, 15) is 4.79 Å². The van der Waals surface area contributed by atoms with Crippen molar-refractivity contribution in [3.63, 3.8) is 0 Å². The molecule has 126 valence electrons. The second kappa shape index (κ2) is 6.55. The first-order valence-electron chi connectivity index (χ1n) is 8.66. The van der Waals surface area contributed by atoms with Crippen molar-refractivity contribution in [3.8, 4) is 0 Å². The van der Waals surface area contributed by atoms with Crippen molar-refractivity contribution in [2.45, 2.75) is 19.4 Å². The third kappa shape index (κ3) is 3.07. The molecule has 1 atom stereocenters. The Hall–Kier alpha value is -2.88. The van der Waals surface area contributed by atoms with E-state index in [2.05, 4.69) is 15.6 Å². The van der Waals surface area contributed by atoms with Crippen LogP contribution >= 0.6 is 0 Å². The molecule has 2 aromatic carbocycles. The minimum atomic E-state index is 0.121. The van der Waals surface area contributed by atoms with Crippen molar-refractivity contribution < 1.29 is 4.79 Å². The summed E-state index contributed by atoms with van der Waals surface area (Å²) in [5, 5.41) is 0. The number of fused-ring (bicyclic) bond motifs is 1. The number of nitrogens with zero attached hydrogens (tertiary/aromatic N) is 3. The van der Waals surface area contributed by atoms with Crippen molar-refractivity contribution >= 4 is 23.0 Å². The standard InChI is InChI=1S/C21H21N3O/c1-16(13-17-7-3-2-4-8-17)21(25)23-12-11-18(14-23)24-15-22-19-9-5-6-10-20(19)24/h2-10,13,15,18H,11-12,14H2,1H3/b16-13+/t18-/m1/s1. The summed E-state index contributed by atoms with van der Waals surface area (Å²) in [6.45, 7) is 3.42. The van der Waals surface area contributed by atoms with Gasteiger partial charge in [0.15, 0.2) is 0 Å². The van der Waals surface area contributed by atoms with Crippen molar-refractivity contribution in [1.82, 2.24) is 14.5 Å². The number of hydrogen-bond acceptors (Lipinski definition) is 2. The van der Waals surface area contributed by atoms with Gasteiger partial charge in [-0.05, 0) is 37.1 Å². The predicted octanol–water partition coefficient (Wildman–Crippen LogP) is 3.91. The van der Waals surface area contributed by atoms with Crippen LogP contribution in [0.1, 0.15) is 24.9 Å². The molecule has 3 aromatic rings. The molecule has 0 aliphatic carbocycles. The number of rotatable bonds is 3. The van der Waals surface area contributed by atoms with Gasteiger partial charge < -0.3 is 9.47 Å². The molecule has 4 nitrogen and oxygen atoms in total. The van der Waals surface area contributed by atoms with E-state index in [4.69, 9.17) is 0 Å². The van der Waals surface area contributed by atoms with Crippen molar-refractivity contribution in [2.75, 3.05) is 13.1 Å². The maximum absolute atomic E-state index is 12.8. The lowest BCUT2D eigenvalue weighted by atomic mass is 10.1. The second-order valence-corrected chi connectivity index (χ2v) is 6.57. The fourth-order valence-electron chi connectivity index (χ4n) is 3.53. The highest BCUT2D eigenvalue weighted by Crippen LogP contribution is 2.26. The van der Waals surface area contributed by atoms with Gasteiger partial charge in [-0.25, -0.2) is 4.98 Å². The molecule has 1 aromatic heterocycles. The van der Waals surface area contributed by atoms with Crippen molar-refractivity contribution in [2.24, 2.45) is 0 Å². The van der Waals surface area contributed by atoms with Crippen LogP contribution in [-0.4, -0.2) is 33.4 Å². The van der Waals surface area contributed by atoms with Crippen LogP contribution in [0.4, 0.5) is 0 Å². The van der Waals surface area contributed by atoms with Gasteiger partial charge in [0.1, 0.15) is 0 Å². The molecule has 1 fully saturated rings. The van der Waals surface area contributed by atoms with Gasteiger partial charge in [0.05, 0.1) is 23.4 Å². The summed E-state index contributed by atoms with van der Waals surface area (Å²) in [6.07, 6.45) is 4.82. The van der Waals surface area contributed by atoms with E-state index < -0.39 is 0 Å². The molecule has 1 saturated heterocycles. The van der Waals surface area contributed by atoms with Crippen molar-refractivity contribution in [1.29, 1.82) is 0 Å². The average Bonchev–Trinajstić information content (AvgIpc) is 3.28. The van der Waals surface area contributed by atoms with Gasteiger partial charge in [-0.15, -0.1) is 0 Å². The smallest absolute Gasteiger partial charge is 0.249 e. The van der Waals surface area contributed by atoms with Gasteiger partial charge in [-0.1, -0.05) is 42.5 Å². The van der Waals surface area contributed by atoms with E-state index in [1.807, 2.05) is 72.8 Å². The molecule has 0 bridgehead atoms. The number of benzene rings is 2. The first-order chi connectivity index (χ1) is 12.2. The molecule has 4 rings (SSSR count). The Kier molecular flexibility index (Phi) is 4.10. The summed E-state index contributed by atoms with van der Waals surface area (Å²) in [5.41, 5.74) is 3.98. The molecule has 1 aliphatic heterocycles. The number of imidazole rings is 1. The Labute approximate surface area is 147 Å². The Morgan fingerprint density at radius 1 is 1.12 bits per heavy atom. The highest BCUT2D eigenvalue weighted by atomic mass is 16.2. The number of likely N-dealkylation sites (tertiary alicyclic amines) is 1. The van der Waals surface area contributed by atoms with E-state index in [0.29, 0.717) is 6.04 Å². The molecular formula is C21H21N3O. The summed E-state index contributed by atoms with van der Waals surface area (Å²) >= 11 is 0. The molecule has 0 unspecified atom stereocenters. The first-order valence-corrected chi connectivity index (χ1v) is 8.66. The van der Waals surface area contributed by atoms with Gasteiger partial charge in [-0.3, -0.25) is 4.79 Å². The summed E-state index contributed by atoms with van der Waals surface area (Å²) in [4.78, 5) is 19.2. The quantitative estimate of drug-likeness (QED) is 0.682. The summed E-state index contributed by atoms with van der Waals surface area (Å²) in [5.74, 6) is 0.121. The number of carbonyl (C=O) groups is 1. The molecule has 0 radical (unpaired) electrons. The molecule has 0 spiro atoms. The van der Waals surface area contributed by atoms with E-state index in [0.717, 1.165) is 41.7 Å². The molecule has 25 heavy (non-hydrogen) atoms. The fourth-order valence-corrected chi connectivity index (χ4v) is 3.53. The average molecular weight is 331 g/mol. The van der Waals surface area contributed by atoms with Crippen molar-refractivity contribution in [3.05, 3.63) is 72.1 Å². The minimum Gasteiger partial charge on any atom is -0.337 e. The van der Waals surface area contributed by atoms with Crippen LogP contribution in [0.15, 0.2) is 66.5 Å². The maximum Gasteiger partial charge on any atom is 0.249 e. The summed E-state index contributed by atoms with van der Waals surface area (Å²) in [7, 11) is 0. The van der Waals surface area contributed by atoms with E-state index in [1.54, 1.807) is 0 Å². The van der Waals surface area contributed by atoms with E-state index in [1.165, 1.54) is 0 Å². The lowest BCUT2D eigenvalue weighted by molar-refractivity contribution is -0.126. The molecule has 1 aliphatic rings. The van der Waals surface area contributed by atoms with E-state index in [-0.39, 0.29) is 5.91 Å². The van der Waals surface area contributed by atoms with Crippen LogP contribution < -0.4 is 0 Å². The Balaban J connectivity index is 1.50. The zero-order valence-electron chi connectivity index (χ0n) is 14.3. The van der Waals surface area contributed by atoms with Gasteiger partial charge in [-0.2, -0.15) is 0 Å². The molecular weight excluding hydrogens is 310 g/mol. The minimum absolute atomic E-state index is 0.121. The number of para-hydroxylation sites is 2. The fraction of sp³-hybridized carbons (Fsp3) is 0.238. The number of amides is 1. The second-order valence-electron chi connectivity index (χ2n) is 6.57. The highest BCUT2D eigenvalue weighted by Gasteiger charge is 2.28. The number of carbonyl (C=O) groups excluding carboxylic acids is 1. The highest BCUT2D eigenvalue weighted by molar-refractivity contribution is 5.97. The number of hydrogen-bond donors (Lipinski definition) is 0. The van der Waals surface area contributed by atoms with Crippen LogP contribution in [0.3, 0.4) is 0 Å². The van der Waals surface area contributed by atoms with Gasteiger partial charge in [0.25, 0.3) is 0 Å². The first kappa shape index (κ1) is 15.6. The lowest BCUT2D eigenvalue weighted by Crippen LogP contribution is -2.29. The molecule has 1 amide bonds. The molecule has 0 saturated carbocycles. The summed E-state index contributed by atoms with van der Waals surface area (Å²) < 4.78 is 2.21. The monoisotopic (exact) mass is 331 g/mol. The van der Waals surface area contributed by atoms with Crippen LogP contribution in [0.25, 0.3) is 17.1 Å². The predicted molar refractivity (Wildman–Crippen MR) is 100 cm³/mol. The Bertz CT molecular complexity index is 926. The Morgan fingerprint density at radius 2 is 1.88 bits per heavy atom. The van der Waals surface area contributed by atoms with Crippen LogP contribution in [0, 0.1) is 0 Å². The van der Waals surface area contributed by atoms with Crippen LogP contribution in [-0.2, 0) is 4.79 Å². The zero-order chi connectivity index (χ0) is 17.2. The SMILES string of the molecule is C/C(=C\c1ccccc1)C(=O)N1CC[C@@H](n2cnc3ccccc32)C1. The van der Waals surface area contributed by atoms with Crippen LogP contribution in [0.2, 0.25) is 0 Å². The third-order valence-electron chi connectivity index (χ3n) is 4.85. The van der Waals surface area contributed by atoms with Gasteiger partial charge in [0.2, 0.25) is 5.91 Å². The third-order valence-corrected chi connectivity index (χ3v) is 4.85. The maximum atomic E-state index is 12.8. The van der Waals surface area contributed by atoms with E-state index >= 15 is 0 Å². The molecule has 4 heteroatoms. The summed E-state index contributed by atoms with van der Waals surface area (Å²) in [6, 6.07) is 18.4. The normalized spacial score (nSPS) is 18.0. The molecule has 2 heterocycles. The van der Waals surface area contributed by atoms with Gasteiger partial charge >= 0.3 is 0 Å². The molecule has 0 N–H and O–H groups in total. The van der Waals surface area contributed by atoms with Gasteiger partial charge in [0, 0.05) is 18.7 Å². The lowest BCUT2D eigenvalue weighted by Gasteiger charge is -2.18. The topological polar surface area (TPSA) is 38.1 Å².